The maximum Gasteiger partial charge on any atom is 0.180 e. The number of hydrogen-bond donors (Lipinski definition) is 1. The molecule has 0 aliphatic heterocycles. The van der Waals surface area contributed by atoms with E-state index >= 15 is 0 Å². The van der Waals surface area contributed by atoms with E-state index in [9.17, 15) is 4.79 Å². The van der Waals surface area contributed by atoms with E-state index in [-0.39, 0.29) is 12.3 Å². The average molecular weight is 211 g/mol. The van der Waals surface area contributed by atoms with Gasteiger partial charge in [0.15, 0.2) is 5.78 Å². The summed E-state index contributed by atoms with van der Waals surface area (Å²) in [5.41, 5.74) is 5.86. The van der Waals surface area contributed by atoms with E-state index in [0.29, 0.717) is 11.3 Å². The van der Waals surface area contributed by atoms with E-state index in [1.165, 1.54) is 0 Å². The first kappa shape index (κ1) is 11.1. The van der Waals surface area contributed by atoms with Crippen molar-refractivity contribution in [3.8, 4) is 5.75 Å². The van der Waals surface area contributed by atoms with Crippen molar-refractivity contribution in [3.05, 3.63) is 23.8 Å². The van der Waals surface area contributed by atoms with Crippen LogP contribution in [0.3, 0.4) is 0 Å². The molecule has 0 aromatic heterocycles. The largest absolute Gasteiger partial charge is 0.495 e. The van der Waals surface area contributed by atoms with E-state index in [1.54, 1.807) is 24.9 Å². The summed E-state index contributed by atoms with van der Waals surface area (Å²) in [6, 6.07) is 5.47. The molecule has 0 bridgehead atoms. The number of methoxy groups -OCH3 is 1. The van der Waals surface area contributed by atoms with Crippen molar-refractivity contribution in [2.24, 2.45) is 5.73 Å². The molecule has 0 spiro atoms. The zero-order valence-electron chi connectivity index (χ0n) is 8.24. The highest BCUT2D eigenvalue weighted by Gasteiger charge is 2.13. The van der Waals surface area contributed by atoms with Crippen LogP contribution in [0.5, 0.6) is 5.75 Å². The Balaban J connectivity index is 3.21. The maximum atomic E-state index is 11.4. The van der Waals surface area contributed by atoms with Crippen LogP contribution >= 0.6 is 11.8 Å². The van der Waals surface area contributed by atoms with Crippen molar-refractivity contribution < 1.29 is 9.53 Å². The summed E-state index contributed by atoms with van der Waals surface area (Å²) in [7, 11) is 1.56. The molecule has 0 heterocycles. The number of nitrogens with two attached hydrogens (primary N) is 1. The van der Waals surface area contributed by atoms with Gasteiger partial charge in [0.05, 0.1) is 19.2 Å². The van der Waals surface area contributed by atoms with Gasteiger partial charge < -0.3 is 10.5 Å². The molecule has 0 saturated heterocycles. The molecule has 76 valence electrons. The second-order valence-corrected chi connectivity index (χ2v) is 3.52. The summed E-state index contributed by atoms with van der Waals surface area (Å²) in [5, 5.41) is 0. The van der Waals surface area contributed by atoms with Crippen molar-refractivity contribution >= 4 is 17.5 Å². The van der Waals surface area contributed by atoms with E-state index < -0.39 is 0 Å². The van der Waals surface area contributed by atoms with E-state index in [1.807, 2.05) is 18.4 Å². The van der Waals surface area contributed by atoms with Gasteiger partial charge in [-0.25, -0.2) is 0 Å². The van der Waals surface area contributed by atoms with Crippen LogP contribution in [0.1, 0.15) is 10.4 Å². The molecule has 0 atom stereocenters. The Morgan fingerprint density at radius 1 is 1.57 bits per heavy atom. The zero-order chi connectivity index (χ0) is 10.6. The molecule has 4 heteroatoms. The van der Waals surface area contributed by atoms with Crippen LogP contribution in [-0.4, -0.2) is 25.7 Å². The summed E-state index contributed by atoms with van der Waals surface area (Å²) in [6.45, 7) is 0.00813. The Morgan fingerprint density at radius 3 is 2.79 bits per heavy atom. The molecule has 0 radical (unpaired) electrons. The van der Waals surface area contributed by atoms with Crippen molar-refractivity contribution in [1.29, 1.82) is 0 Å². The van der Waals surface area contributed by atoms with Crippen molar-refractivity contribution in [1.82, 2.24) is 0 Å². The normalized spacial score (nSPS) is 9.93. The number of rotatable bonds is 4. The molecule has 3 nitrogen and oxygen atoms in total. The molecule has 1 aromatic carbocycles. The van der Waals surface area contributed by atoms with Crippen molar-refractivity contribution in [2.75, 3.05) is 19.9 Å². The molecule has 0 fully saturated rings. The smallest absolute Gasteiger partial charge is 0.180 e. The van der Waals surface area contributed by atoms with Gasteiger partial charge in [-0.05, 0) is 18.4 Å². The van der Waals surface area contributed by atoms with Crippen molar-refractivity contribution in [3.63, 3.8) is 0 Å². The highest BCUT2D eigenvalue weighted by atomic mass is 32.2. The predicted octanol–water partition coefficient (Wildman–Crippen LogP) is 1.56. The number of hydrogen-bond acceptors (Lipinski definition) is 4. The average Bonchev–Trinajstić information content (AvgIpc) is 2.26. The molecular weight excluding hydrogens is 198 g/mol. The minimum Gasteiger partial charge on any atom is -0.495 e. The molecule has 1 rings (SSSR count). The Morgan fingerprint density at radius 2 is 2.29 bits per heavy atom. The Kier molecular flexibility index (Phi) is 3.98. The monoisotopic (exact) mass is 211 g/mol. The number of ketones is 1. The molecule has 0 saturated carbocycles. The number of carbonyl (C=O) groups is 1. The predicted molar refractivity (Wildman–Crippen MR) is 58.2 cm³/mol. The molecule has 2 N–H and O–H groups in total. The second kappa shape index (κ2) is 5.02. The fraction of sp³-hybridized carbons (Fsp3) is 0.300. The SMILES string of the molecule is COc1c(SC)cccc1C(=O)CN. The molecular formula is C10H13NO2S. The fourth-order valence-corrected chi connectivity index (χ4v) is 1.81. The van der Waals surface area contributed by atoms with Gasteiger partial charge in [0.1, 0.15) is 5.75 Å². The van der Waals surface area contributed by atoms with E-state index in [2.05, 4.69) is 0 Å². The lowest BCUT2D eigenvalue weighted by atomic mass is 10.1. The highest BCUT2D eigenvalue weighted by Crippen LogP contribution is 2.30. The molecule has 0 aliphatic rings. The summed E-state index contributed by atoms with van der Waals surface area (Å²) in [6.07, 6.45) is 1.94. The lowest BCUT2D eigenvalue weighted by Gasteiger charge is -2.10. The van der Waals surface area contributed by atoms with Crippen LogP contribution in [0.4, 0.5) is 0 Å². The molecule has 0 unspecified atom stereocenters. The molecule has 0 aliphatic carbocycles. The Hall–Kier alpha value is -1.00. The van der Waals surface area contributed by atoms with Crippen LogP contribution < -0.4 is 10.5 Å². The molecule has 0 amide bonds. The van der Waals surface area contributed by atoms with E-state index in [0.717, 1.165) is 4.90 Å². The van der Waals surface area contributed by atoms with Gasteiger partial charge in [0.25, 0.3) is 0 Å². The van der Waals surface area contributed by atoms with Crippen molar-refractivity contribution in [2.45, 2.75) is 4.90 Å². The summed E-state index contributed by atoms with van der Waals surface area (Å²) in [5.74, 6) is 0.521. The summed E-state index contributed by atoms with van der Waals surface area (Å²) >= 11 is 1.54. The van der Waals surface area contributed by atoms with Gasteiger partial charge in [-0.1, -0.05) is 6.07 Å². The first-order chi connectivity index (χ1) is 6.74. The van der Waals surface area contributed by atoms with Crippen LogP contribution in [0.25, 0.3) is 0 Å². The van der Waals surface area contributed by atoms with E-state index in [4.69, 9.17) is 10.5 Å². The quantitative estimate of drug-likeness (QED) is 0.606. The molecule has 14 heavy (non-hydrogen) atoms. The number of carbonyl (C=O) groups excluding carboxylic acids is 1. The minimum atomic E-state index is -0.0993. The standard InChI is InChI=1S/C10H13NO2S/c1-13-10-7(8(12)6-11)4-3-5-9(10)14-2/h3-5H,6,11H2,1-2H3. The maximum absolute atomic E-state index is 11.4. The lowest BCUT2D eigenvalue weighted by molar-refractivity contribution is 0.0998. The summed E-state index contributed by atoms with van der Waals surface area (Å²) in [4.78, 5) is 12.4. The summed E-state index contributed by atoms with van der Waals surface area (Å²) < 4.78 is 5.19. The van der Waals surface area contributed by atoms with Gasteiger partial charge in [-0.3, -0.25) is 4.79 Å². The zero-order valence-corrected chi connectivity index (χ0v) is 9.06. The number of Topliss-reactive ketones (excluding diaryl/α,β-unsaturated/α-hetero) is 1. The number of para-hydroxylation sites is 1. The first-order valence-corrected chi connectivity index (χ1v) is 5.41. The van der Waals surface area contributed by atoms with Gasteiger partial charge in [-0.2, -0.15) is 0 Å². The third-order valence-electron chi connectivity index (χ3n) is 1.89. The third kappa shape index (κ3) is 2.08. The number of ether oxygens (including phenoxy) is 1. The number of thioether (sulfide) groups is 1. The van der Waals surface area contributed by atoms with Crippen LogP contribution in [0, 0.1) is 0 Å². The topological polar surface area (TPSA) is 52.3 Å². The highest BCUT2D eigenvalue weighted by molar-refractivity contribution is 7.98. The first-order valence-electron chi connectivity index (χ1n) is 4.18. The Labute approximate surface area is 87.6 Å². The van der Waals surface area contributed by atoms with Gasteiger partial charge in [0, 0.05) is 4.90 Å². The lowest BCUT2D eigenvalue weighted by Crippen LogP contribution is -2.14. The van der Waals surface area contributed by atoms with Crippen LogP contribution in [0.15, 0.2) is 23.1 Å². The van der Waals surface area contributed by atoms with Crippen LogP contribution in [0.2, 0.25) is 0 Å². The van der Waals surface area contributed by atoms with Gasteiger partial charge >= 0.3 is 0 Å². The third-order valence-corrected chi connectivity index (χ3v) is 2.65. The molecule has 1 aromatic rings. The second-order valence-electron chi connectivity index (χ2n) is 2.67. The number of benzene rings is 1. The fourth-order valence-electron chi connectivity index (χ4n) is 1.22. The minimum absolute atomic E-state index is 0.00813. The van der Waals surface area contributed by atoms with Gasteiger partial charge in [-0.15, -0.1) is 11.8 Å². The van der Waals surface area contributed by atoms with Crippen LogP contribution in [-0.2, 0) is 0 Å². The Bertz CT molecular complexity index is 339. The van der Waals surface area contributed by atoms with Gasteiger partial charge in [0.2, 0.25) is 0 Å².